The quantitative estimate of drug-likeness (QED) is 0.748. The smallest absolute Gasteiger partial charge is 0.245 e. The molecule has 0 spiro atoms. The Morgan fingerprint density at radius 3 is 2.68 bits per heavy atom. The zero-order valence-corrected chi connectivity index (χ0v) is 14.1. The first-order valence-electron chi connectivity index (χ1n) is 8.48. The third-order valence-electron chi connectivity index (χ3n) is 4.56. The van der Waals surface area contributed by atoms with Crippen LogP contribution in [-0.2, 0) is 11.2 Å². The van der Waals surface area contributed by atoms with E-state index in [4.69, 9.17) is 0 Å². The van der Waals surface area contributed by atoms with Crippen LogP contribution in [0.15, 0.2) is 24.3 Å². The number of aryl methyl sites for hydroxylation is 1. The van der Waals surface area contributed by atoms with Crippen LogP contribution < -0.4 is 5.32 Å². The van der Waals surface area contributed by atoms with Gasteiger partial charge >= 0.3 is 0 Å². The predicted octanol–water partition coefficient (Wildman–Crippen LogP) is 1.18. The Balaban J connectivity index is 1.79. The van der Waals surface area contributed by atoms with E-state index in [9.17, 15) is 14.3 Å². The number of hydrogen-bond acceptors (Lipinski definition) is 5. The monoisotopic (exact) mass is 347 g/mol. The molecule has 1 saturated carbocycles. The highest BCUT2D eigenvalue weighted by molar-refractivity contribution is 5.81. The molecule has 1 aliphatic carbocycles. The van der Waals surface area contributed by atoms with Crippen LogP contribution in [0, 0.1) is 18.7 Å². The SMILES string of the molecule is Cc1nnnn1C(Cc1ccc(F)cc1)C(=O)NC(CCO)C1CC1. The normalized spacial score (nSPS) is 16.4. The molecule has 0 saturated heterocycles. The van der Waals surface area contributed by atoms with E-state index in [1.54, 1.807) is 19.1 Å². The summed E-state index contributed by atoms with van der Waals surface area (Å²) in [5.74, 6) is 0.454. The van der Waals surface area contributed by atoms with Crippen LogP contribution in [0.5, 0.6) is 0 Å². The summed E-state index contributed by atoms with van der Waals surface area (Å²) >= 11 is 0. The molecule has 0 aliphatic heterocycles. The number of hydrogen-bond donors (Lipinski definition) is 2. The molecule has 1 aromatic carbocycles. The highest BCUT2D eigenvalue weighted by Gasteiger charge is 2.34. The van der Waals surface area contributed by atoms with Crippen molar-refractivity contribution in [3.05, 3.63) is 41.5 Å². The van der Waals surface area contributed by atoms with E-state index in [0.29, 0.717) is 24.6 Å². The molecule has 2 N–H and O–H groups in total. The molecule has 1 aromatic heterocycles. The summed E-state index contributed by atoms with van der Waals surface area (Å²) in [6.45, 7) is 1.77. The minimum Gasteiger partial charge on any atom is -0.396 e. The molecule has 25 heavy (non-hydrogen) atoms. The van der Waals surface area contributed by atoms with Gasteiger partial charge in [-0.3, -0.25) is 4.79 Å². The van der Waals surface area contributed by atoms with Gasteiger partial charge in [0.2, 0.25) is 5.91 Å². The second-order valence-corrected chi connectivity index (χ2v) is 6.48. The first-order valence-corrected chi connectivity index (χ1v) is 8.48. The Kier molecular flexibility index (Phi) is 5.37. The number of nitrogens with zero attached hydrogens (tertiary/aromatic N) is 4. The molecule has 2 aromatic rings. The molecule has 1 aliphatic rings. The van der Waals surface area contributed by atoms with Crippen LogP contribution in [0.1, 0.15) is 36.7 Å². The van der Waals surface area contributed by atoms with Crippen LogP contribution >= 0.6 is 0 Å². The van der Waals surface area contributed by atoms with Crippen molar-refractivity contribution >= 4 is 5.91 Å². The van der Waals surface area contributed by atoms with Crippen molar-refractivity contribution < 1.29 is 14.3 Å². The molecule has 1 fully saturated rings. The largest absolute Gasteiger partial charge is 0.396 e. The van der Waals surface area contributed by atoms with Crippen LogP contribution in [0.25, 0.3) is 0 Å². The Hall–Kier alpha value is -2.35. The van der Waals surface area contributed by atoms with Gasteiger partial charge in [0.15, 0.2) is 0 Å². The number of nitrogens with one attached hydrogen (secondary N) is 1. The molecular formula is C17H22FN5O2. The first kappa shape index (κ1) is 17.5. The Bertz CT molecular complexity index is 714. The first-order chi connectivity index (χ1) is 12.1. The van der Waals surface area contributed by atoms with E-state index < -0.39 is 6.04 Å². The van der Waals surface area contributed by atoms with E-state index in [-0.39, 0.29) is 24.4 Å². The third kappa shape index (κ3) is 4.39. The number of amides is 1. The van der Waals surface area contributed by atoms with Crippen LogP contribution in [0.3, 0.4) is 0 Å². The number of carbonyl (C=O) groups is 1. The molecule has 2 atom stereocenters. The topological polar surface area (TPSA) is 92.9 Å². The maximum absolute atomic E-state index is 13.1. The summed E-state index contributed by atoms with van der Waals surface area (Å²) in [5.41, 5.74) is 0.821. The number of carbonyl (C=O) groups excluding carboxylic acids is 1. The fourth-order valence-electron chi connectivity index (χ4n) is 3.00. The number of aromatic nitrogens is 4. The van der Waals surface area contributed by atoms with Crippen LogP contribution in [0.4, 0.5) is 4.39 Å². The van der Waals surface area contributed by atoms with E-state index in [0.717, 1.165) is 18.4 Å². The molecule has 0 bridgehead atoms. The summed E-state index contributed by atoms with van der Waals surface area (Å²) in [4.78, 5) is 12.9. The number of tetrazole rings is 1. The average molecular weight is 347 g/mol. The number of aliphatic hydroxyl groups excluding tert-OH is 1. The number of benzene rings is 1. The molecule has 1 heterocycles. The lowest BCUT2D eigenvalue weighted by molar-refractivity contribution is -0.125. The van der Waals surface area contributed by atoms with Crippen molar-refractivity contribution in [2.45, 2.75) is 44.7 Å². The maximum atomic E-state index is 13.1. The van der Waals surface area contributed by atoms with Crippen molar-refractivity contribution in [2.24, 2.45) is 5.92 Å². The fraction of sp³-hybridized carbons (Fsp3) is 0.529. The molecule has 7 nitrogen and oxygen atoms in total. The number of halogens is 1. The van der Waals surface area contributed by atoms with Gasteiger partial charge < -0.3 is 10.4 Å². The Labute approximate surface area is 145 Å². The fourth-order valence-corrected chi connectivity index (χ4v) is 3.00. The van der Waals surface area contributed by atoms with Gasteiger partial charge in [0.1, 0.15) is 17.7 Å². The van der Waals surface area contributed by atoms with Crippen molar-refractivity contribution in [1.29, 1.82) is 0 Å². The maximum Gasteiger partial charge on any atom is 0.245 e. The predicted molar refractivity (Wildman–Crippen MR) is 88.1 cm³/mol. The summed E-state index contributed by atoms with van der Waals surface area (Å²) in [6.07, 6.45) is 3.03. The van der Waals surface area contributed by atoms with Crippen LogP contribution in [-0.4, -0.2) is 43.9 Å². The Morgan fingerprint density at radius 2 is 2.12 bits per heavy atom. The average Bonchev–Trinajstić information content (AvgIpc) is 3.36. The van der Waals surface area contributed by atoms with Gasteiger partial charge in [-0.25, -0.2) is 9.07 Å². The van der Waals surface area contributed by atoms with Gasteiger partial charge in [0.05, 0.1) is 0 Å². The summed E-state index contributed by atoms with van der Waals surface area (Å²) in [5, 5.41) is 23.7. The summed E-state index contributed by atoms with van der Waals surface area (Å²) in [7, 11) is 0. The second-order valence-electron chi connectivity index (χ2n) is 6.48. The van der Waals surface area contributed by atoms with Gasteiger partial charge in [-0.15, -0.1) is 5.10 Å². The minimum atomic E-state index is -0.625. The van der Waals surface area contributed by atoms with Crippen molar-refractivity contribution in [1.82, 2.24) is 25.5 Å². The van der Waals surface area contributed by atoms with Gasteiger partial charge in [-0.1, -0.05) is 12.1 Å². The standard InChI is InChI=1S/C17H22FN5O2/c1-11-20-21-22-23(11)16(10-12-2-6-14(18)7-3-12)17(25)19-15(8-9-24)13-4-5-13/h2-3,6-7,13,15-16,24H,4-5,8-10H2,1H3,(H,19,25). The van der Waals surface area contributed by atoms with Crippen LogP contribution in [0.2, 0.25) is 0 Å². The minimum absolute atomic E-state index is 0.0357. The zero-order chi connectivity index (χ0) is 17.8. The highest BCUT2D eigenvalue weighted by Crippen LogP contribution is 2.34. The summed E-state index contributed by atoms with van der Waals surface area (Å²) in [6, 6.07) is 5.39. The summed E-state index contributed by atoms with van der Waals surface area (Å²) < 4.78 is 14.6. The number of rotatable bonds is 8. The van der Waals surface area contributed by atoms with E-state index in [2.05, 4.69) is 20.8 Å². The zero-order valence-electron chi connectivity index (χ0n) is 14.1. The molecule has 0 radical (unpaired) electrons. The molecule has 3 rings (SSSR count). The molecular weight excluding hydrogens is 325 g/mol. The Morgan fingerprint density at radius 1 is 1.40 bits per heavy atom. The lowest BCUT2D eigenvalue weighted by Crippen LogP contribution is -2.42. The highest BCUT2D eigenvalue weighted by atomic mass is 19.1. The van der Waals surface area contributed by atoms with E-state index in [1.165, 1.54) is 16.8 Å². The molecule has 8 heteroatoms. The van der Waals surface area contributed by atoms with Gasteiger partial charge in [-0.2, -0.15) is 0 Å². The number of aliphatic hydroxyl groups is 1. The molecule has 1 amide bonds. The van der Waals surface area contributed by atoms with E-state index in [1.807, 2.05) is 0 Å². The molecule has 134 valence electrons. The van der Waals surface area contributed by atoms with Crippen molar-refractivity contribution in [3.63, 3.8) is 0 Å². The third-order valence-corrected chi connectivity index (χ3v) is 4.56. The second kappa shape index (κ2) is 7.69. The van der Waals surface area contributed by atoms with Gasteiger partial charge in [-0.05, 0) is 60.2 Å². The van der Waals surface area contributed by atoms with E-state index >= 15 is 0 Å². The van der Waals surface area contributed by atoms with Gasteiger partial charge in [0, 0.05) is 19.1 Å². The molecule has 2 unspecified atom stereocenters. The lowest BCUT2D eigenvalue weighted by Gasteiger charge is -2.22. The lowest BCUT2D eigenvalue weighted by atomic mass is 10.0. The van der Waals surface area contributed by atoms with Crippen molar-refractivity contribution in [3.8, 4) is 0 Å². The van der Waals surface area contributed by atoms with Crippen molar-refractivity contribution in [2.75, 3.05) is 6.61 Å². The van der Waals surface area contributed by atoms with Gasteiger partial charge in [0.25, 0.3) is 0 Å².